The zero-order valence-corrected chi connectivity index (χ0v) is 11.8. The SMILES string of the molecule is CC(=O)N1CCN(C2CCCCC2)C[C@H](C(N)=O)C1. The zero-order chi connectivity index (χ0) is 13.8. The van der Waals surface area contributed by atoms with Crippen LogP contribution in [0.25, 0.3) is 0 Å². The summed E-state index contributed by atoms with van der Waals surface area (Å²) in [5.74, 6) is -0.473. The highest BCUT2D eigenvalue weighted by Gasteiger charge is 2.31. The molecule has 108 valence electrons. The van der Waals surface area contributed by atoms with Crippen molar-refractivity contribution >= 4 is 11.8 Å². The van der Waals surface area contributed by atoms with Crippen LogP contribution in [0.5, 0.6) is 0 Å². The number of hydrogen-bond donors (Lipinski definition) is 1. The van der Waals surface area contributed by atoms with Gasteiger partial charge in [0.05, 0.1) is 5.92 Å². The van der Waals surface area contributed by atoms with Crippen LogP contribution in [0.15, 0.2) is 0 Å². The molecule has 2 amide bonds. The second-order valence-electron chi connectivity index (χ2n) is 5.85. The van der Waals surface area contributed by atoms with Crippen LogP contribution in [0.2, 0.25) is 0 Å². The molecule has 1 aliphatic carbocycles. The molecule has 2 aliphatic rings. The minimum Gasteiger partial charge on any atom is -0.369 e. The highest BCUT2D eigenvalue weighted by atomic mass is 16.2. The Balaban J connectivity index is 2.04. The second kappa shape index (κ2) is 6.37. The standard InChI is InChI=1S/C14H25N3O2/c1-11(18)16-7-8-17(10-12(9-16)14(15)19)13-5-3-2-4-6-13/h12-13H,2-10H2,1H3,(H2,15,19)/t12-/m1/s1. The second-order valence-corrected chi connectivity index (χ2v) is 5.85. The number of nitrogens with zero attached hydrogens (tertiary/aromatic N) is 2. The summed E-state index contributed by atoms with van der Waals surface area (Å²) in [6.45, 7) is 4.34. The van der Waals surface area contributed by atoms with Crippen LogP contribution in [0.3, 0.4) is 0 Å². The normalized spacial score (nSPS) is 27.0. The van der Waals surface area contributed by atoms with Crippen LogP contribution >= 0.6 is 0 Å². The van der Waals surface area contributed by atoms with Crippen LogP contribution in [0, 0.1) is 5.92 Å². The predicted octanol–water partition coefficient (Wildman–Crippen LogP) is 0.585. The molecular weight excluding hydrogens is 242 g/mol. The first kappa shape index (κ1) is 14.3. The maximum Gasteiger partial charge on any atom is 0.223 e. The third-order valence-electron chi connectivity index (χ3n) is 4.49. The molecule has 0 aromatic carbocycles. The van der Waals surface area contributed by atoms with E-state index in [-0.39, 0.29) is 17.7 Å². The molecule has 0 aromatic rings. The van der Waals surface area contributed by atoms with Gasteiger partial charge in [-0.1, -0.05) is 19.3 Å². The van der Waals surface area contributed by atoms with Gasteiger partial charge >= 0.3 is 0 Å². The molecule has 0 spiro atoms. The summed E-state index contributed by atoms with van der Waals surface area (Å²) in [7, 11) is 0. The molecule has 1 heterocycles. The van der Waals surface area contributed by atoms with Crippen LogP contribution in [-0.2, 0) is 9.59 Å². The third kappa shape index (κ3) is 3.69. The number of nitrogens with two attached hydrogens (primary N) is 1. The lowest BCUT2D eigenvalue weighted by molar-refractivity contribution is -0.130. The Kier molecular flexibility index (Phi) is 4.80. The van der Waals surface area contributed by atoms with Crippen molar-refractivity contribution in [1.82, 2.24) is 9.80 Å². The van der Waals surface area contributed by atoms with Crippen LogP contribution in [0.4, 0.5) is 0 Å². The van der Waals surface area contributed by atoms with Gasteiger partial charge in [-0.3, -0.25) is 14.5 Å². The van der Waals surface area contributed by atoms with Gasteiger partial charge < -0.3 is 10.6 Å². The summed E-state index contributed by atoms with van der Waals surface area (Å²) >= 11 is 0. The minimum absolute atomic E-state index is 0.0387. The highest BCUT2D eigenvalue weighted by Crippen LogP contribution is 2.24. The number of carbonyl (C=O) groups is 2. The Labute approximate surface area is 115 Å². The molecule has 1 atom stereocenters. The molecule has 0 aromatic heterocycles. The van der Waals surface area contributed by atoms with E-state index in [4.69, 9.17) is 5.73 Å². The van der Waals surface area contributed by atoms with Gasteiger partial charge in [0.25, 0.3) is 0 Å². The summed E-state index contributed by atoms with van der Waals surface area (Å²) in [5.41, 5.74) is 5.49. The fraction of sp³-hybridized carbons (Fsp3) is 0.857. The van der Waals surface area contributed by atoms with Crippen molar-refractivity contribution < 1.29 is 9.59 Å². The summed E-state index contributed by atoms with van der Waals surface area (Å²) in [6.07, 6.45) is 6.30. The topological polar surface area (TPSA) is 66.6 Å². The number of amides is 2. The fourth-order valence-electron chi connectivity index (χ4n) is 3.28. The van der Waals surface area contributed by atoms with Gasteiger partial charge in [0.15, 0.2) is 0 Å². The molecule has 0 bridgehead atoms. The van der Waals surface area contributed by atoms with Crippen LogP contribution in [0.1, 0.15) is 39.0 Å². The minimum atomic E-state index is -0.283. The Morgan fingerprint density at radius 2 is 1.74 bits per heavy atom. The van der Waals surface area contributed by atoms with Crippen LogP contribution < -0.4 is 5.73 Å². The molecule has 2 rings (SSSR count). The highest BCUT2D eigenvalue weighted by molar-refractivity contribution is 5.79. The molecule has 1 saturated heterocycles. The predicted molar refractivity (Wildman–Crippen MR) is 73.4 cm³/mol. The first-order valence-electron chi connectivity index (χ1n) is 7.37. The lowest BCUT2D eigenvalue weighted by Gasteiger charge is -2.34. The Bertz CT molecular complexity index is 340. The molecule has 19 heavy (non-hydrogen) atoms. The Hall–Kier alpha value is -1.10. The van der Waals surface area contributed by atoms with Gasteiger partial charge in [-0.05, 0) is 12.8 Å². The van der Waals surface area contributed by atoms with Crippen molar-refractivity contribution in [1.29, 1.82) is 0 Å². The lowest BCUT2D eigenvalue weighted by atomic mass is 9.93. The average Bonchev–Trinajstić information content (AvgIpc) is 2.62. The van der Waals surface area contributed by atoms with E-state index in [9.17, 15) is 9.59 Å². The maximum absolute atomic E-state index is 11.6. The van der Waals surface area contributed by atoms with E-state index in [2.05, 4.69) is 4.90 Å². The van der Waals surface area contributed by atoms with Gasteiger partial charge in [-0.15, -0.1) is 0 Å². The van der Waals surface area contributed by atoms with Crippen molar-refractivity contribution in [2.75, 3.05) is 26.2 Å². The van der Waals surface area contributed by atoms with Gasteiger partial charge in [-0.2, -0.15) is 0 Å². The van der Waals surface area contributed by atoms with Crippen molar-refractivity contribution in [3.63, 3.8) is 0 Å². The molecule has 2 N–H and O–H groups in total. The Morgan fingerprint density at radius 1 is 1.05 bits per heavy atom. The summed E-state index contributed by atoms with van der Waals surface area (Å²) < 4.78 is 0. The fourth-order valence-corrected chi connectivity index (χ4v) is 3.28. The van der Waals surface area contributed by atoms with Gasteiger partial charge in [0, 0.05) is 39.1 Å². The third-order valence-corrected chi connectivity index (χ3v) is 4.49. The largest absolute Gasteiger partial charge is 0.369 e. The molecule has 2 fully saturated rings. The van der Waals surface area contributed by atoms with E-state index in [1.54, 1.807) is 11.8 Å². The Morgan fingerprint density at radius 3 is 2.32 bits per heavy atom. The van der Waals surface area contributed by atoms with E-state index in [1.807, 2.05) is 0 Å². The molecule has 5 heteroatoms. The molecule has 1 saturated carbocycles. The summed E-state index contributed by atoms with van der Waals surface area (Å²) in [6, 6.07) is 0.572. The van der Waals surface area contributed by atoms with Gasteiger partial charge in [-0.25, -0.2) is 0 Å². The molecule has 1 aliphatic heterocycles. The average molecular weight is 267 g/mol. The molecule has 5 nitrogen and oxygen atoms in total. The number of primary amides is 1. The van der Waals surface area contributed by atoms with E-state index in [0.717, 1.165) is 13.1 Å². The first-order chi connectivity index (χ1) is 9.08. The van der Waals surface area contributed by atoms with E-state index in [0.29, 0.717) is 19.1 Å². The van der Waals surface area contributed by atoms with Crippen molar-refractivity contribution in [3.05, 3.63) is 0 Å². The summed E-state index contributed by atoms with van der Waals surface area (Å²) in [5, 5.41) is 0. The number of carbonyl (C=O) groups excluding carboxylic acids is 2. The van der Waals surface area contributed by atoms with Crippen molar-refractivity contribution in [2.24, 2.45) is 11.7 Å². The zero-order valence-electron chi connectivity index (χ0n) is 11.8. The first-order valence-corrected chi connectivity index (χ1v) is 7.37. The van der Waals surface area contributed by atoms with Crippen LogP contribution in [-0.4, -0.2) is 53.8 Å². The van der Waals surface area contributed by atoms with Gasteiger partial charge in [0.1, 0.15) is 0 Å². The molecular formula is C14H25N3O2. The van der Waals surface area contributed by atoms with E-state index >= 15 is 0 Å². The van der Waals surface area contributed by atoms with Gasteiger partial charge in [0.2, 0.25) is 11.8 Å². The number of rotatable bonds is 2. The van der Waals surface area contributed by atoms with E-state index < -0.39 is 0 Å². The summed E-state index contributed by atoms with van der Waals surface area (Å²) in [4.78, 5) is 27.3. The smallest absolute Gasteiger partial charge is 0.223 e. The maximum atomic E-state index is 11.6. The lowest BCUT2D eigenvalue weighted by Crippen LogP contribution is -2.43. The quantitative estimate of drug-likeness (QED) is 0.796. The van der Waals surface area contributed by atoms with Crippen molar-refractivity contribution in [2.45, 2.75) is 45.1 Å². The van der Waals surface area contributed by atoms with Crippen molar-refractivity contribution in [3.8, 4) is 0 Å². The number of hydrogen-bond acceptors (Lipinski definition) is 3. The molecule has 0 radical (unpaired) electrons. The molecule has 0 unspecified atom stereocenters. The monoisotopic (exact) mass is 267 g/mol. The van der Waals surface area contributed by atoms with E-state index in [1.165, 1.54) is 32.1 Å².